The number of hydrogen-bond donors (Lipinski definition) is 2. The van der Waals surface area contributed by atoms with Crippen LogP contribution in [0.4, 0.5) is 10.1 Å². The Morgan fingerprint density at radius 2 is 1.50 bits per heavy atom. The summed E-state index contributed by atoms with van der Waals surface area (Å²) in [7, 11) is 0. The minimum atomic E-state index is -0.268. The zero-order chi connectivity index (χ0) is 26.2. The molecule has 1 fully saturated rings. The molecule has 1 atom stereocenters. The van der Waals surface area contributed by atoms with Gasteiger partial charge in [-0.2, -0.15) is 0 Å². The van der Waals surface area contributed by atoms with Gasteiger partial charge in [-0.15, -0.1) is 0 Å². The summed E-state index contributed by atoms with van der Waals surface area (Å²) in [4.78, 5) is 16.5. The molecule has 1 unspecified atom stereocenters. The van der Waals surface area contributed by atoms with Crippen molar-refractivity contribution in [2.45, 2.75) is 29.7 Å². The third kappa shape index (κ3) is 6.82. The lowest BCUT2D eigenvalue weighted by molar-refractivity contribution is 0.0938. The summed E-state index contributed by atoms with van der Waals surface area (Å²) >= 11 is 1.36. The van der Waals surface area contributed by atoms with E-state index in [1.807, 2.05) is 24.3 Å². The number of hydrogen-bond acceptors (Lipinski definition) is 4. The lowest BCUT2D eigenvalue weighted by Crippen LogP contribution is -2.37. The molecule has 0 spiro atoms. The molecule has 1 aliphatic heterocycles. The van der Waals surface area contributed by atoms with Gasteiger partial charge in [-0.25, -0.2) is 4.39 Å². The van der Waals surface area contributed by atoms with Crippen molar-refractivity contribution >= 4 is 23.5 Å². The molecule has 0 radical (unpaired) electrons. The van der Waals surface area contributed by atoms with Crippen LogP contribution in [0.25, 0.3) is 0 Å². The highest BCUT2D eigenvalue weighted by Crippen LogP contribution is 2.29. The fourth-order valence-corrected chi connectivity index (χ4v) is 5.69. The van der Waals surface area contributed by atoms with Gasteiger partial charge in [-0.05, 0) is 78.9 Å². The van der Waals surface area contributed by atoms with Crippen molar-refractivity contribution in [1.29, 1.82) is 0 Å². The molecule has 2 N–H and O–H groups in total. The number of nitrogens with one attached hydrogen (secondary N) is 2. The van der Waals surface area contributed by atoms with E-state index in [0.717, 1.165) is 43.1 Å². The fourth-order valence-electron chi connectivity index (χ4n) is 5.01. The second kappa shape index (κ2) is 12.8. The predicted octanol–water partition coefficient (Wildman–Crippen LogP) is 6.97. The molecule has 38 heavy (non-hydrogen) atoms. The Kier molecular flexibility index (Phi) is 8.74. The first-order chi connectivity index (χ1) is 18.7. The summed E-state index contributed by atoms with van der Waals surface area (Å²) in [6.07, 6.45) is 1.97. The summed E-state index contributed by atoms with van der Waals surface area (Å²) in [5, 5.41) is 3.24. The number of rotatable bonds is 10. The average Bonchev–Trinajstić information content (AvgIpc) is 3.41. The van der Waals surface area contributed by atoms with E-state index in [1.54, 1.807) is 12.1 Å². The molecule has 1 aliphatic rings. The van der Waals surface area contributed by atoms with Gasteiger partial charge in [0.25, 0.3) is 5.91 Å². The van der Waals surface area contributed by atoms with Gasteiger partial charge >= 0.3 is 0 Å². The lowest BCUT2D eigenvalue weighted by Gasteiger charge is -2.22. The minimum Gasteiger partial charge on any atom is -0.348 e. The number of anilines is 1. The van der Waals surface area contributed by atoms with Gasteiger partial charge in [0.05, 0.1) is 11.3 Å². The second-order valence-electron chi connectivity index (χ2n) is 9.63. The number of benzene rings is 4. The van der Waals surface area contributed by atoms with Crippen LogP contribution in [-0.2, 0) is 0 Å². The normalized spacial score (nSPS) is 15.5. The Labute approximate surface area is 228 Å². The third-order valence-corrected chi connectivity index (χ3v) is 7.84. The maximum Gasteiger partial charge on any atom is 0.253 e. The lowest BCUT2D eigenvalue weighted by atomic mass is 9.88. The van der Waals surface area contributed by atoms with Crippen molar-refractivity contribution in [3.8, 4) is 0 Å². The van der Waals surface area contributed by atoms with Crippen LogP contribution in [-0.4, -0.2) is 36.5 Å². The van der Waals surface area contributed by atoms with Gasteiger partial charge in [0.1, 0.15) is 5.82 Å². The maximum atomic E-state index is 13.2. The number of likely N-dealkylation sites (tertiary alicyclic amines) is 1. The number of carbonyl (C=O) groups excluding carboxylic acids is 1. The van der Waals surface area contributed by atoms with Crippen molar-refractivity contribution < 1.29 is 9.18 Å². The SMILES string of the molecule is O=C(NC1CCN(CCC(c2ccccc2)c2ccccc2)C1)c1ccccc1NSc1ccc(F)cc1. The molecule has 1 amide bonds. The van der Waals surface area contributed by atoms with Crippen LogP contribution in [0, 0.1) is 5.82 Å². The van der Waals surface area contributed by atoms with Crippen molar-refractivity contribution in [3.63, 3.8) is 0 Å². The highest BCUT2D eigenvalue weighted by atomic mass is 32.2. The number of carbonyl (C=O) groups is 1. The minimum absolute atomic E-state index is 0.0777. The molecule has 0 aromatic heterocycles. The second-order valence-corrected chi connectivity index (χ2v) is 10.5. The molecule has 4 aromatic carbocycles. The van der Waals surface area contributed by atoms with Crippen LogP contribution in [0.15, 0.2) is 114 Å². The molecule has 0 bridgehead atoms. The Hall–Kier alpha value is -3.61. The summed E-state index contributed by atoms with van der Waals surface area (Å²) in [6.45, 7) is 2.80. The quantitative estimate of drug-likeness (QED) is 0.220. The van der Waals surface area contributed by atoms with E-state index >= 15 is 0 Å². The van der Waals surface area contributed by atoms with Gasteiger partial charge in [-0.1, -0.05) is 72.8 Å². The summed E-state index contributed by atoms with van der Waals surface area (Å²) in [5.41, 5.74) is 4.02. The predicted molar refractivity (Wildman–Crippen MR) is 154 cm³/mol. The van der Waals surface area contributed by atoms with Crippen molar-refractivity contribution in [1.82, 2.24) is 10.2 Å². The van der Waals surface area contributed by atoms with Gasteiger partial charge in [0.2, 0.25) is 0 Å². The highest BCUT2D eigenvalue weighted by molar-refractivity contribution is 8.00. The summed E-state index contributed by atoms with van der Waals surface area (Å²) in [6, 6.07) is 35.3. The first-order valence-electron chi connectivity index (χ1n) is 13.1. The molecular formula is C32H32FN3OS. The van der Waals surface area contributed by atoms with E-state index in [4.69, 9.17) is 0 Å². The summed E-state index contributed by atoms with van der Waals surface area (Å²) in [5.74, 6) is 0.00379. The van der Waals surface area contributed by atoms with Crippen molar-refractivity contribution in [3.05, 3.63) is 132 Å². The molecule has 1 heterocycles. The van der Waals surface area contributed by atoms with E-state index in [0.29, 0.717) is 11.5 Å². The molecule has 194 valence electrons. The van der Waals surface area contributed by atoms with Crippen LogP contribution in [0.3, 0.4) is 0 Å². The maximum absolute atomic E-state index is 13.2. The Morgan fingerprint density at radius 3 is 2.18 bits per heavy atom. The van der Waals surface area contributed by atoms with Crippen LogP contribution in [0.2, 0.25) is 0 Å². The van der Waals surface area contributed by atoms with Crippen LogP contribution < -0.4 is 10.0 Å². The third-order valence-electron chi connectivity index (χ3n) is 7.01. The molecular weight excluding hydrogens is 493 g/mol. The molecule has 0 saturated carbocycles. The topological polar surface area (TPSA) is 44.4 Å². The molecule has 4 nitrogen and oxygen atoms in total. The zero-order valence-corrected chi connectivity index (χ0v) is 22.0. The monoisotopic (exact) mass is 525 g/mol. The van der Waals surface area contributed by atoms with Crippen molar-refractivity contribution in [2.24, 2.45) is 0 Å². The van der Waals surface area contributed by atoms with E-state index in [1.165, 1.54) is 35.2 Å². The number of amides is 1. The molecule has 5 rings (SSSR count). The Bertz CT molecular complexity index is 1280. The van der Waals surface area contributed by atoms with Gasteiger partial charge in [0.15, 0.2) is 0 Å². The first kappa shape index (κ1) is 26.0. The Morgan fingerprint density at radius 1 is 0.868 bits per heavy atom. The first-order valence-corrected chi connectivity index (χ1v) is 13.9. The standard InChI is InChI=1S/C32H32FN3OS/c33-26-15-17-28(18-16-26)38-35-31-14-8-7-13-30(31)32(37)34-27-19-21-36(23-27)22-20-29(24-9-3-1-4-10-24)25-11-5-2-6-12-25/h1-18,27,29,35H,19-23H2,(H,34,37). The van der Waals surface area contributed by atoms with Gasteiger partial charge < -0.3 is 14.9 Å². The molecule has 1 saturated heterocycles. The highest BCUT2D eigenvalue weighted by Gasteiger charge is 2.26. The average molecular weight is 526 g/mol. The number of halogens is 1. The Balaban J connectivity index is 1.16. The van der Waals surface area contributed by atoms with Crippen LogP contribution >= 0.6 is 11.9 Å². The van der Waals surface area contributed by atoms with Gasteiger partial charge in [0, 0.05) is 29.9 Å². The van der Waals surface area contributed by atoms with E-state index in [2.05, 4.69) is 75.6 Å². The number of nitrogens with zero attached hydrogens (tertiary/aromatic N) is 1. The van der Waals surface area contributed by atoms with E-state index in [-0.39, 0.29) is 17.8 Å². The fraction of sp³-hybridized carbons (Fsp3) is 0.219. The van der Waals surface area contributed by atoms with Gasteiger partial charge in [-0.3, -0.25) is 4.79 Å². The van der Waals surface area contributed by atoms with Crippen molar-refractivity contribution in [2.75, 3.05) is 24.4 Å². The number of para-hydroxylation sites is 1. The molecule has 6 heteroatoms. The summed E-state index contributed by atoms with van der Waals surface area (Å²) < 4.78 is 16.4. The molecule has 4 aromatic rings. The zero-order valence-electron chi connectivity index (χ0n) is 21.2. The van der Waals surface area contributed by atoms with E-state index < -0.39 is 0 Å². The van der Waals surface area contributed by atoms with Crippen LogP contribution in [0.1, 0.15) is 40.2 Å². The van der Waals surface area contributed by atoms with Crippen LogP contribution in [0.5, 0.6) is 0 Å². The molecule has 0 aliphatic carbocycles. The van der Waals surface area contributed by atoms with E-state index in [9.17, 15) is 9.18 Å². The largest absolute Gasteiger partial charge is 0.348 e. The smallest absolute Gasteiger partial charge is 0.253 e.